The van der Waals surface area contributed by atoms with Gasteiger partial charge in [-0.1, -0.05) is 18.2 Å². The van der Waals surface area contributed by atoms with Gasteiger partial charge in [0.2, 0.25) is 5.91 Å². The molecule has 3 aromatic carbocycles. The molecule has 1 spiro atoms. The van der Waals surface area contributed by atoms with Gasteiger partial charge < -0.3 is 20.1 Å². The van der Waals surface area contributed by atoms with Gasteiger partial charge in [0.1, 0.15) is 0 Å². The first-order chi connectivity index (χ1) is 17.0. The van der Waals surface area contributed by atoms with Gasteiger partial charge in [-0.3, -0.25) is 9.59 Å². The molecule has 2 amide bonds. The lowest BCUT2D eigenvalue weighted by Crippen LogP contribution is -2.34. The topological polar surface area (TPSA) is 100 Å². The summed E-state index contributed by atoms with van der Waals surface area (Å²) < 4.78 is 12.1. The van der Waals surface area contributed by atoms with E-state index in [0.29, 0.717) is 38.9 Å². The lowest BCUT2D eigenvalue weighted by molar-refractivity contribution is -0.113. The molecule has 1 fully saturated rings. The van der Waals surface area contributed by atoms with E-state index in [1.807, 2.05) is 24.3 Å². The molecule has 3 aromatic rings. The first-order valence-corrected chi connectivity index (χ1v) is 12.4. The molecule has 0 bridgehead atoms. The zero-order valence-electron chi connectivity index (χ0n) is 18.9. The summed E-state index contributed by atoms with van der Waals surface area (Å²) in [6, 6.07) is 21.3. The van der Waals surface area contributed by atoms with Crippen molar-refractivity contribution < 1.29 is 19.1 Å². The van der Waals surface area contributed by atoms with E-state index in [0.717, 1.165) is 25.7 Å². The van der Waals surface area contributed by atoms with Crippen LogP contribution in [-0.4, -0.2) is 23.4 Å². The SMILES string of the molecule is N#Cc1cccc(NC(=O)CSc2ccccc2C(=O)Nc2ccc3c(c2)OC2(CCCC2)O3)c1. The third kappa shape index (κ3) is 5.10. The van der Waals surface area contributed by atoms with Crippen molar-refractivity contribution in [1.29, 1.82) is 5.26 Å². The fraction of sp³-hybridized carbons (Fsp3) is 0.222. The van der Waals surface area contributed by atoms with Crippen molar-refractivity contribution in [3.8, 4) is 17.6 Å². The van der Waals surface area contributed by atoms with E-state index >= 15 is 0 Å². The Kier molecular flexibility index (Phi) is 6.34. The number of benzene rings is 3. The van der Waals surface area contributed by atoms with E-state index in [9.17, 15) is 9.59 Å². The molecule has 0 unspecified atom stereocenters. The highest BCUT2D eigenvalue weighted by Gasteiger charge is 2.44. The molecule has 8 heteroatoms. The molecule has 0 saturated heterocycles. The average molecular weight is 486 g/mol. The number of ether oxygens (including phenoxy) is 2. The highest BCUT2D eigenvalue weighted by molar-refractivity contribution is 8.00. The van der Waals surface area contributed by atoms with Crippen LogP contribution in [0.4, 0.5) is 11.4 Å². The fourth-order valence-corrected chi connectivity index (χ4v) is 5.12. The Morgan fingerprint density at radius 1 is 0.914 bits per heavy atom. The molecule has 1 aliphatic heterocycles. The van der Waals surface area contributed by atoms with E-state index in [1.165, 1.54) is 11.8 Å². The highest BCUT2D eigenvalue weighted by atomic mass is 32.2. The summed E-state index contributed by atoms with van der Waals surface area (Å²) in [6.07, 6.45) is 3.89. The molecule has 7 nitrogen and oxygen atoms in total. The van der Waals surface area contributed by atoms with Gasteiger partial charge in [-0.05, 0) is 55.3 Å². The Labute approximate surface area is 207 Å². The minimum Gasteiger partial charge on any atom is -0.448 e. The summed E-state index contributed by atoms with van der Waals surface area (Å²) in [5.41, 5.74) is 2.12. The van der Waals surface area contributed by atoms with Gasteiger partial charge in [-0.25, -0.2) is 0 Å². The number of hydrogen-bond acceptors (Lipinski definition) is 6. The maximum atomic E-state index is 13.1. The smallest absolute Gasteiger partial charge is 0.256 e. The van der Waals surface area contributed by atoms with E-state index in [1.54, 1.807) is 48.5 Å². The van der Waals surface area contributed by atoms with Crippen LogP contribution in [0.15, 0.2) is 71.6 Å². The van der Waals surface area contributed by atoms with Gasteiger partial charge in [-0.2, -0.15) is 5.26 Å². The zero-order valence-corrected chi connectivity index (χ0v) is 19.7. The van der Waals surface area contributed by atoms with Crippen molar-refractivity contribution in [2.24, 2.45) is 0 Å². The number of nitriles is 1. The Morgan fingerprint density at radius 2 is 1.69 bits per heavy atom. The van der Waals surface area contributed by atoms with Gasteiger partial charge in [0.15, 0.2) is 11.5 Å². The molecule has 5 rings (SSSR count). The Bertz CT molecular complexity index is 1330. The molecule has 1 saturated carbocycles. The summed E-state index contributed by atoms with van der Waals surface area (Å²) >= 11 is 1.27. The third-order valence-electron chi connectivity index (χ3n) is 5.92. The van der Waals surface area contributed by atoms with Crippen molar-refractivity contribution in [1.82, 2.24) is 0 Å². The Hall–Kier alpha value is -3.96. The van der Waals surface area contributed by atoms with Crippen LogP contribution in [0, 0.1) is 11.3 Å². The molecule has 2 N–H and O–H groups in total. The van der Waals surface area contributed by atoms with Crippen LogP contribution in [-0.2, 0) is 4.79 Å². The van der Waals surface area contributed by atoms with Crippen molar-refractivity contribution in [2.45, 2.75) is 36.4 Å². The molecule has 1 aliphatic carbocycles. The minimum atomic E-state index is -0.551. The second-order valence-electron chi connectivity index (χ2n) is 8.46. The number of hydrogen-bond donors (Lipinski definition) is 2. The van der Waals surface area contributed by atoms with Crippen LogP contribution < -0.4 is 20.1 Å². The Morgan fingerprint density at radius 3 is 2.51 bits per heavy atom. The maximum absolute atomic E-state index is 13.1. The molecule has 0 radical (unpaired) electrons. The van der Waals surface area contributed by atoms with Gasteiger partial charge in [0.05, 0.1) is 22.9 Å². The van der Waals surface area contributed by atoms with Crippen LogP contribution in [0.1, 0.15) is 41.6 Å². The summed E-state index contributed by atoms with van der Waals surface area (Å²) in [5.74, 6) is 0.413. The Balaban J connectivity index is 1.22. The summed E-state index contributed by atoms with van der Waals surface area (Å²) in [7, 11) is 0. The monoisotopic (exact) mass is 485 g/mol. The first-order valence-electron chi connectivity index (χ1n) is 11.4. The highest BCUT2D eigenvalue weighted by Crippen LogP contribution is 2.47. The van der Waals surface area contributed by atoms with Gasteiger partial charge in [0.25, 0.3) is 11.7 Å². The number of nitrogens with zero attached hydrogens (tertiary/aromatic N) is 1. The second-order valence-corrected chi connectivity index (χ2v) is 9.48. The van der Waals surface area contributed by atoms with E-state index in [2.05, 4.69) is 10.6 Å². The predicted molar refractivity (Wildman–Crippen MR) is 134 cm³/mol. The van der Waals surface area contributed by atoms with Crippen LogP contribution in [0.3, 0.4) is 0 Å². The van der Waals surface area contributed by atoms with Crippen LogP contribution in [0.2, 0.25) is 0 Å². The molecule has 1 heterocycles. The largest absolute Gasteiger partial charge is 0.448 e. The number of carbonyl (C=O) groups is 2. The number of anilines is 2. The molecule has 2 aliphatic rings. The van der Waals surface area contributed by atoms with Crippen LogP contribution >= 0.6 is 11.8 Å². The zero-order chi connectivity index (χ0) is 24.3. The van der Waals surface area contributed by atoms with Gasteiger partial charge in [0, 0.05) is 35.2 Å². The lowest BCUT2D eigenvalue weighted by Gasteiger charge is -2.21. The van der Waals surface area contributed by atoms with E-state index in [-0.39, 0.29) is 17.6 Å². The summed E-state index contributed by atoms with van der Waals surface area (Å²) in [4.78, 5) is 26.2. The number of nitrogens with one attached hydrogen (secondary N) is 2. The number of thioether (sulfide) groups is 1. The molecular weight excluding hydrogens is 462 g/mol. The van der Waals surface area contributed by atoms with Crippen molar-refractivity contribution in [3.63, 3.8) is 0 Å². The van der Waals surface area contributed by atoms with Crippen LogP contribution in [0.25, 0.3) is 0 Å². The molecule has 0 aromatic heterocycles. The van der Waals surface area contributed by atoms with Crippen molar-refractivity contribution in [3.05, 3.63) is 77.9 Å². The van der Waals surface area contributed by atoms with Crippen molar-refractivity contribution >= 4 is 35.0 Å². The van der Waals surface area contributed by atoms with Gasteiger partial charge >= 0.3 is 0 Å². The maximum Gasteiger partial charge on any atom is 0.256 e. The number of rotatable bonds is 6. The average Bonchev–Trinajstić information content (AvgIpc) is 3.48. The van der Waals surface area contributed by atoms with Crippen LogP contribution in [0.5, 0.6) is 11.5 Å². The molecule has 176 valence electrons. The molecular formula is C27H23N3O4S. The second kappa shape index (κ2) is 9.72. The van der Waals surface area contributed by atoms with Crippen molar-refractivity contribution in [2.75, 3.05) is 16.4 Å². The summed E-state index contributed by atoms with van der Waals surface area (Å²) in [5, 5.41) is 14.7. The third-order valence-corrected chi connectivity index (χ3v) is 7.00. The standard InChI is InChI=1S/C27H23N3O4S/c28-16-18-6-5-7-19(14-18)29-25(31)17-35-24-9-2-1-8-21(24)26(32)30-20-10-11-22-23(15-20)34-27(33-22)12-3-4-13-27/h1-2,5-11,14-15H,3-4,12-13,17H2,(H,29,31)(H,30,32). The predicted octanol–water partition coefficient (Wildman–Crippen LogP) is 5.58. The van der Waals surface area contributed by atoms with E-state index < -0.39 is 5.79 Å². The molecule has 0 atom stereocenters. The number of amides is 2. The number of carbonyl (C=O) groups excluding carboxylic acids is 2. The lowest BCUT2D eigenvalue weighted by atomic mass is 10.2. The summed E-state index contributed by atoms with van der Waals surface area (Å²) in [6.45, 7) is 0. The molecule has 35 heavy (non-hydrogen) atoms. The number of fused-ring (bicyclic) bond motifs is 1. The minimum absolute atomic E-state index is 0.118. The fourth-order valence-electron chi connectivity index (χ4n) is 4.27. The van der Waals surface area contributed by atoms with E-state index in [4.69, 9.17) is 14.7 Å². The quantitative estimate of drug-likeness (QED) is 0.442. The first kappa shape index (κ1) is 22.8. The van der Waals surface area contributed by atoms with Gasteiger partial charge in [-0.15, -0.1) is 11.8 Å². The normalized spacial score (nSPS) is 14.9.